The third kappa shape index (κ3) is 6.29. The molecule has 0 aliphatic rings. The molecule has 0 aliphatic heterocycles. The average Bonchev–Trinajstić information content (AvgIpc) is 2.65. The van der Waals surface area contributed by atoms with Crippen LogP contribution >= 0.6 is 11.6 Å². The molecule has 0 radical (unpaired) electrons. The summed E-state index contributed by atoms with van der Waals surface area (Å²) in [6, 6.07) is 14.0. The Hall–Kier alpha value is -1.59. The van der Waals surface area contributed by atoms with E-state index in [-0.39, 0.29) is 0 Å². The molecule has 2 rings (SSSR count). The van der Waals surface area contributed by atoms with Crippen LogP contribution in [0, 0.1) is 0 Å². The summed E-state index contributed by atoms with van der Waals surface area (Å²) in [5, 5.41) is 28.7. The van der Waals surface area contributed by atoms with Gasteiger partial charge in [0.15, 0.2) is 0 Å². The van der Waals surface area contributed by atoms with Gasteiger partial charge in [0, 0.05) is 5.02 Å². The number of aliphatic hydroxyl groups is 3. The first kappa shape index (κ1) is 20.7. The number of halogens is 1. The normalized spacial score (nSPS) is 13.4. The molecule has 2 aromatic carbocycles. The predicted octanol–water partition coefficient (Wildman–Crippen LogP) is 3.37. The SMILES string of the molecule is CCOc1ccc(Cc2cc(CCC[C@H](O)[C@H](O)CO)ccc2Cl)cc1. The van der Waals surface area contributed by atoms with Gasteiger partial charge >= 0.3 is 0 Å². The molecule has 2 aromatic rings. The van der Waals surface area contributed by atoms with Crippen LogP contribution in [-0.2, 0) is 12.8 Å². The Labute approximate surface area is 160 Å². The maximum Gasteiger partial charge on any atom is 0.119 e. The summed E-state index contributed by atoms with van der Waals surface area (Å²) in [5.41, 5.74) is 3.36. The third-order valence-corrected chi connectivity index (χ3v) is 4.70. The number of ether oxygens (including phenoxy) is 1. The fourth-order valence-electron chi connectivity index (χ4n) is 2.84. The van der Waals surface area contributed by atoms with Gasteiger partial charge in [0.05, 0.1) is 19.3 Å². The highest BCUT2D eigenvalue weighted by molar-refractivity contribution is 6.31. The number of rotatable bonds is 10. The van der Waals surface area contributed by atoms with Crippen LogP contribution in [0.25, 0.3) is 0 Å². The molecule has 0 heterocycles. The summed E-state index contributed by atoms with van der Waals surface area (Å²) >= 11 is 6.35. The summed E-state index contributed by atoms with van der Waals surface area (Å²) in [6.45, 7) is 2.19. The molecule has 3 N–H and O–H groups in total. The molecule has 0 amide bonds. The maximum absolute atomic E-state index is 9.71. The number of hydrogen-bond donors (Lipinski definition) is 3. The van der Waals surface area contributed by atoms with Gasteiger partial charge in [-0.1, -0.05) is 35.9 Å². The van der Waals surface area contributed by atoms with Crippen molar-refractivity contribution < 1.29 is 20.1 Å². The molecule has 0 bridgehead atoms. The maximum atomic E-state index is 9.71. The summed E-state index contributed by atoms with van der Waals surface area (Å²) in [6.07, 6.45) is 0.722. The van der Waals surface area contributed by atoms with E-state index in [1.54, 1.807) is 0 Å². The molecule has 0 saturated heterocycles. The lowest BCUT2D eigenvalue weighted by Gasteiger charge is -2.15. The largest absolute Gasteiger partial charge is 0.494 e. The van der Waals surface area contributed by atoms with Crippen LogP contribution < -0.4 is 4.74 Å². The molecule has 0 fully saturated rings. The molecule has 0 spiro atoms. The van der Waals surface area contributed by atoms with Crippen LogP contribution in [0.5, 0.6) is 5.75 Å². The van der Waals surface area contributed by atoms with Crippen LogP contribution in [0.4, 0.5) is 0 Å². The summed E-state index contributed by atoms with van der Waals surface area (Å²) in [7, 11) is 0. The van der Waals surface area contributed by atoms with Gasteiger partial charge in [-0.15, -0.1) is 0 Å². The zero-order valence-electron chi connectivity index (χ0n) is 15.1. The van der Waals surface area contributed by atoms with Crippen LogP contribution in [0.3, 0.4) is 0 Å². The minimum atomic E-state index is -1.07. The lowest BCUT2D eigenvalue weighted by Crippen LogP contribution is -2.29. The monoisotopic (exact) mass is 378 g/mol. The smallest absolute Gasteiger partial charge is 0.119 e. The molecule has 142 valence electrons. The van der Waals surface area contributed by atoms with E-state index < -0.39 is 18.8 Å². The Morgan fingerprint density at radius 1 is 1.00 bits per heavy atom. The Morgan fingerprint density at radius 3 is 2.35 bits per heavy atom. The van der Waals surface area contributed by atoms with E-state index >= 15 is 0 Å². The van der Waals surface area contributed by atoms with E-state index in [1.165, 1.54) is 0 Å². The highest BCUT2D eigenvalue weighted by Crippen LogP contribution is 2.23. The van der Waals surface area contributed by atoms with Crippen molar-refractivity contribution in [3.63, 3.8) is 0 Å². The lowest BCUT2D eigenvalue weighted by atomic mass is 9.99. The van der Waals surface area contributed by atoms with Gasteiger partial charge in [-0.05, 0) is 67.5 Å². The highest BCUT2D eigenvalue weighted by atomic mass is 35.5. The fraction of sp³-hybridized carbons (Fsp3) is 0.429. The second-order valence-corrected chi connectivity index (χ2v) is 6.80. The highest BCUT2D eigenvalue weighted by Gasteiger charge is 2.14. The zero-order valence-corrected chi connectivity index (χ0v) is 15.8. The van der Waals surface area contributed by atoms with Crippen molar-refractivity contribution >= 4 is 11.6 Å². The molecule has 4 nitrogen and oxygen atoms in total. The van der Waals surface area contributed by atoms with E-state index in [4.69, 9.17) is 21.4 Å². The average molecular weight is 379 g/mol. The van der Waals surface area contributed by atoms with E-state index in [1.807, 2.05) is 43.3 Å². The van der Waals surface area contributed by atoms with E-state index in [0.29, 0.717) is 13.0 Å². The minimum Gasteiger partial charge on any atom is -0.494 e. The third-order valence-electron chi connectivity index (χ3n) is 4.34. The summed E-state index contributed by atoms with van der Waals surface area (Å²) in [5.74, 6) is 0.861. The van der Waals surface area contributed by atoms with Crippen molar-refractivity contribution in [2.24, 2.45) is 0 Å². The fourth-order valence-corrected chi connectivity index (χ4v) is 3.02. The molecular weight excluding hydrogens is 352 g/mol. The van der Waals surface area contributed by atoms with Crippen LogP contribution in [0.15, 0.2) is 42.5 Å². The first-order chi connectivity index (χ1) is 12.5. The van der Waals surface area contributed by atoms with Crippen molar-refractivity contribution in [1.29, 1.82) is 0 Å². The second-order valence-electron chi connectivity index (χ2n) is 6.39. The number of aryl methyl sites for hydroxylation is 1. The lowest BCUT2D eigenvalue weighted by molar-refractivity contribution is -0.0182. The van der Waals surface area contributed by atoms with Gasteiger partial charge < -0.3 is 20.1 Å². The van der Waals surface area contributed by atoms with Crippen LogP contribution in [0.1, 0.15) is 36.5 Å². The Balaban J connectivity index is 1.96. The van der Waals surface area contributed by atoms with E-state index in [9.17, 15) is 10.2 Å². The van der Waals surface area contributed by atoms with Gasteiger partial charge in [-0.3, -0.25) is 0 Å². The van der Waals surface area contributed by atoms with Gasteiger partial charge in [0.2, 0.25) is 0 Å². The van der Waals surface area contributed by atoms with Crippen molar-refractivity contribution in [1.82, 2.24) is 0 Å². The Bertz CT molecular complexity index is 672. The zero-order chi connectivity index (χ0) is 18.9. The van der Waals surface area contributed by atoms with Crippen LogP contribution in [-0.4, -0.2) is 40.7 Å². The molecule has 0 aliphatic carbocycles. The van der Waals surface area contributed by atoms with Crippen LogP contribution in [0.2, 0.25) is 5.02 Å². The molecule has 0 saturated carbocycles. The van der Waals surface area contributed by atoms with Gasteiger partial charge in [-0.2, -0.15) is 0 Å². The molecule has 2 atom stereocenters. The van der Waals surface area contributed by atoms with Crippen molar-refractivity contribution in [3.05, 3.63) is 64.2 Å². The topological polar surface area (TPSA) is 69.9 Å². The van der Waals surface area contributed by atoms with E-state index in [0.717, 1.165) is 46.7 Å². The number of benzene rings is 2. The van der Waals surface area contributed by atoms with Crippen molar-refractivity contribution in [3.8, 4) is 5.75 Å². The minimum absolute atomic E-state index is 0.422. The van der Waals surface area contributed by atoms with Crippen molar-refractivity contribution in [2.75, 3.05) is 13.2 Å². The standard InChI is InChI=1S/C21H27ClO4/c1-2-26-18-9-6-16(7-10-18)13-17-12-15(8-11-19(17)22)4-3-5-20(24)21(25)14-23/h6-12,20-21,23-25H,2-5,13-14H2,1H3/t20-,21+/m0/s1. The quantitative estimate of drug-likeness (QED) is 0.593. The Morgan fingerprint density at radius 2 is 1.69 bits per heavy atom. The van der Waals surface area contributed by atoms with Gasteiger partial charge in [-0.25, -0.2) is 0 Å². The van der Waals surface area contributed by atoms with Gasteiger partial charge in [0.1, 0.15) is 11.9 Å². The first-order valence-corrected chi connectivity index (χ1v) is 9.37. The summed E-state index contributed by atoms with van der Waals surface area (Å²) < 4.78 is 5.46. The molecule has 0 aromatic heterocycles. The van der Waals surface area contributed by atoms with E-state index in [2.05, 4.69) is 6.07 Å². The predicted molar refractivity (Wildman–Crippen MR) is 104 cm³/mol. The molecule has 0 unspecified atom stereocenters. The molecule has 5 heteroatoms. The number of aliphatic hydroxyl groups excluding tert-OH is 3. The van der Waals surface area contributed by atoms with Gasteiger partial charge in [0.25, 0.3) is 0 Å². The molecule has 26 heavy (non-hydrogen) atoms. The second kappa shape index (κ2) is 10.5. The van der Waals surface area contributed by atoms with Crippen molar-refractivity contribution in [2.45, 2.75) is 44.8 Å². The number of hydrogen-bond acceptors (Lipinski definition) is 4. The first-order valence-electron chi connectivity index (χ1n) is 8.99. The summed E-state index contributed by atoms with van der Waals surface area (Å²) in [4.78, 5) is 0. The Kier molecular flexibility index (Phi) is 8.39. The molecular formula is C21H27ClO4.